The van der Waals surface area contributed by atoms with Crippen LogP contribution in [0.25, 0.3) is 0 Å². The van der Waals surface area contributed by atoms with Crippen molar-refractivity contribution in [1.82, 2.24) is 15.1 Å². The fraction of sp³-hybridized carbons (Fsp3) is 0.289. The first-order valence-electron chi connectivity index (χ1n) is 16.5. The van der Waals surface area contributed by atoms with Gasteiger partial charge >= 0.3 is 0 Å². The van der Waals surface area contributed by atoms with Gasteiger partial charge < -0.3 is 34.4 Å². The van der Waals surface area contributed by atoms with Gasteiger partial charge in [-0.05, 0) is 53.8 Å². The number of carbonyl (C=O) groups excluding carboxylic acids is 3. The number of ether oxygens (including phenoxy) is 3. The maximum Gasteiger partial charge on any atom is 0.258 e. The van der Waals surface area contributed by atoms with Crippen LogP contribution in [0.15, 0.2) is 84.9 Å². The van der Waals surface area contributed by atoms with Gasteiger partial charge in [-0.1, -0.05) is 89.4 Å². The van der Waals surface area contributed by atoms with E-state index in [1.54, 1.807) is 15.9 Å². The Bertz CT molecular complexity index is 1890. The van der Waals surface area contributed by atoms with Crippen molar-refractivity contribution in [3.8, 4) is 17.2 Å². The Kier molecular flexibility index (Phi) is 11.9. The van der Waals surface area contributed by atoms with Crippen molar-refractivity contribution in [1.29, 1.82) is 0 Å². The molecule has 51 heavy (non-hydrogen) atoms. The summed E-state index contributed by atoms with van der Waals surface area (Å²) in [6.45, 7) is 0.595. The van der Waals surface area contributed by atoms with E-state index in [0.717, 1.165) is 16.7 Å². The average Bonchev–Trinajstić information content (AvgIpc) is 3.73. The van der Waals surface area contributed by atoms with Gasteiger partial charge in [0.05, 0.1) is 27.2 Å². The molecule has 2 aliphatic rings. The lowest BCUT2D eigenvalue weighted by Crippen LogP contribution is -2.52. The molecule has 0 saturated carbocycles. The Labute approximate surface area is 310 Å². The van der Waals surface area contributed by atoms with Crippen LogP contribution in [-0.4, -0.2) is 77.8 Å². The van der Waals surface area contributed by atoms with Crippen LogP contribution in [0.1, 0.15) is 33.5 Å². The Morgan fingerprint density at radius 3 is 2.45 bits per heavy atom. The Balaban J connectivity index is 1.15. The number of rotatable bonds is 15. The molecule has 1 unspecified atom stereocenters. The molecule has 2 heterocycles. The summed E-state index contributed by atoms with van der Waals surface area (Å²) < 4.78 is 16.6. The van der Waals surface area contributed by atoms with Crippen LogP contribution in [0.2, 0.25) is 15.1 Å². The van der Waals surface area contributed by atoms with E-state index in [2.05, 4.69) is 5.32 Å². The summed E-state index contributed by atoms with van der Waals surface area (Å²) in [6, 6.07) is 24.5. The van der Waals surface area contributed by atoms with Gasteiger partial charge in [0, 0.05) is 44.2 Å². The van der Waals surface area contributed by atoms with Crippen LogP contribution >= 0.6 is 34.8 Å². The first-order chi connectivity index (χ1) is 24.6. The average molecular weight is 753 g/mol. The molecular formula is C38H36Cl3N3O7. The fourth-order valence-electron chi connectivity index (χ4n) is 6.07. The monoisotopic (exact) mass is 751 g/mol. The number of benzene rings is 4. The summed E-state index contributed by atoms with van der Waals surface area (Å²) in [7, 11) is 0. The van der Waals surface area contributed by atoms with Crippen molar-refractivity contribution in [2.45, 2.75) is 38.0 Å². The topological polar surface area (TPSA) is 118 Å². The highest BCUT2D eigenvalue weighted by Crippen LogP contribution is 2.34. The summed E-state index contributed by atoms with van der Waals surface area (Å²) in [6.07, 6.45) is -0.355. The molecule has 0 saturated heterocycles. The van der Waals surface area contributed by atoms with Gasteiger partial charge in [0.25, 0.3) is 11.8 Å². The van der Waals surface area contributed by atoms with Crippen LogP contribution in [0.4, 0.5) is 0 Å². The van der Waals surface area contributed by atoms with Gasteiger partial charge in [-0.15, -0.1) is 0 Å². The summed E-state index contributed by atoms with van der Waals surface area (Å²) in [5.74, 6) is 0.612. The molecule has 13 heteroatoms. The first-order valence-corrected chi connectivity index (χ1v) is 17.6. The smallest absolute Gasteiger partial charge is 0.258 e. The molecule has 4 aromatic rings. The molecule has 10 nitrogen and oxygen atoms in total. The van der Waals surface area contributed by atoms with Crippen LogP contribution < -0.4 is 19.5 Å². The second kappa shape index (κ2) is 16.7. The lowest BCUT2D eigenvalue weighted by Gasteiger charge is -2.31. The molecule has 0 bridgehead atoms. The third-order valence-electron chi connectivity index (χ3n) is 8.80. The number of nitrogens with one attached hydrogen (secondary N) is 1. The molecule has 2 N–H and O–H groups in total. The molecular weight excluding hydrogens is 717 g/mol. The summed E-state index contributed by atoms with van der Waals surface area (Å²) in [5, 5.41) is 15.2. The lowest BCUT2D eigenvalue weighted by atomic mass is 10.00. The summed E-state index contributed by atoms with van der Waals surface area (Å²) >= 11 is 18.3. The predicted molar refractivity (Wildman–Crippen MR) is 194 cm³/mol. The fourth-order valence-corrected chi connectivity index (χ4v) is 6.66. The van der Waals surface area contributed by atoms with Gasteiger partial charge in [-0.25, -0.2) is 0 Å². The highest BCUT2D eigenvalue weighted by molar-refractivity contribution is 6.43. The SMILES string of the molecule is O=C(COc1cc(Cl)c(Cl)cc1Cl)N[C@@H](Cc1ccccc1)C(O)CN(CCc1ccc2c(c1)OCO2)C(=O)CCN1Cc2ccccc2C1=O. The van der Waals surface area contributed by atoms with Crippen molar-refractivity contribution in [2.75, 3.05) is 33.0 Å². The number of hydrogen-bond acceptors (Lipinski definition) is 7. The molecule has 0 fully saturated rings. The van der Waals surface area contributed by atoms with Gasteiger partial charge in [0.2, 0.25) is 12.7 Å². The molecule has 0 radical (unpaired) electrons. The predicted octanol–water partition coefficient (Wildman–Crippen LogP) is 5.96. The van der Waals surface area contributed by atoms with E-state index in [-0.39, 0.29) is 71.9 Å². The Morgan fingerprint density at radius 2 is 1.65 bits per heavy atom. The van der Waals surface area contributed by atoms with Gasteiger partial charge in [0.15, 0.2) is 18.1 Å². The normalized spacial score (nSPS) is 14.2. The largest absolute Gasteiger partial charge is 0.482 e. The van der Waals surface area contributed by atoms with Crippen LogP contribution in [0, 0.1) is 0 Å². The number of aliphatic hydroxyl groups is 1. The Morgan fingerprint density at radius 1 is 0.902 bits per heavy atom. The number of halogens is 3. The van der Waals surface area contributed by atoms with E-state index in [4.69, 9.17) is 49.0 Å². The maximum atomic E-state index is 13.9. The molecule has 3 amide bonds. The third kappa shape index (κ3) is 9.25. The number of fused-ring (bicyclic) bond motifs is 2. The van der Waals surface area contributed by atoms with E-state index >= 15 is 0 Å². The number of aliphatic hydroxyl groups excluding tert-OH is 1. The zero-order valence-electron chi connectivity index (χ0n) is 27.5. The first kappa shape index (κ1) is 36.3. The zero-order chi connectivity index (χ0) is 35.9. The lowest BCUT2D eigenvalue weighted by molar-refractivity contribution is -0.133. The highest BCUT2D eigenvalue weighted by atomic mass is 35.5. The van der Waals surface area contributed by atoms with E-state index in [1.165, 1.54) is 12.1 Å². The van der Waals surface area contributed by atoms with Crippen LogP contribution in [0.3, 0.4) is 0 Å². The minimum atomic E-state index is -1.17. The molecule has 2 atom stereocenters. The maximum absolute atomic E-state index is 13.9. The molecule has 0 aliphatic carbocycles. The number of amides is 3. The quantitative estimate of drug-likeness (QED) is 0.144. The summed E-state index contributed by atoms with van der Waals surface area (Å²) in [4.78, 5) is 43.3. The molecule has 266 valence electrons. The third-order valence-corrected chi connectivity index (χ3v) is 9.82. The summed E-state index contributed by atoms with van der Waals surface area (Å²) in [5.41, 5.74) is 3.37. The minimum absolute atomic E-state index is 0.0571. The molecule has 0 spiro atoms. The van der Waals surface area contributed by atoms with Crippen molar-refractivity contribution in [3.05, 3.63) is 122 Å². The molecule has 4 aromatic carbocycles. The number of hydrogen-bond donors (Lipinski definition) is 2. The van der Waals surface area contributed by atoms with Crippen molar-refractivity contribution >= 4 is 52.5 Å². The second-order valence-electron chi connectivity index (χ2n) is 12.3. The van der Waals surface area contributed by atoms with Crippen LogP contribution in [0.5, 0.6) is 17.2 Å². The highest BCUT2D eigenvalue weighted by Gasteiger charge is 2.30. The minimum Gasteiger partial charge on any atom is -0.482 e. The number of carbonyl (C=O) groups is 3. The second-order valence-corrected chi connectivity index (χ2v) is 13.5. The molecule has 0 aromatic heterocycles. The van der Waals surface area contributed by atoms with Crippen molar-refractivity contribution in [2.24, 2.45) is 0 Å². The van der Waals surface area contributed by atoms with Crippen molar-refractivity contribution in [3.63, 3.8) is 0 Å². The van der Waals surface area contributed by atoms with E-state index in [1.807, 2.05) is 66.7 Å². The standard InChI is InChI=1S/C38H36Cl3N3O7/c39-28-18-30(41)34(19-29(28)40)49-22-36(46)42-31(16-24-6-2-1-3-7-24)32(45)21-43(14-12-25-10-11-33-35(17-25)51-23-50-33)37(47)13-15-44-20-26-8-4-5-9-27(26)38(44)48/h1-11,17-19,31-32,45H,12-16,20-23H2,(H,42,46)/t31-,32?/m0/s1. The van der Waals surface area contributed by atoms with Crippen LogP contribution in [-0.2, 0) is 29.0 Å². The zero-order valence-corrected chi connectivity index (χ0v) is 29.8. The molecule has 6 rings (SSSR count). The van der Waals surface area contributed by atoms with Gasteiger partial charge in [0.1, 0.15) is 5.75 Å². The van der Waals surface area contributed by atoms with E-state index in [9.17, 15) is 19.5 Å². The van der Waals surface area contributed by atoms with Gasteiger partial charge in [-0.3, -0.25) is 14.4 Å². The van der Waals surface area contributed by atoms with Gasteiger partial charge in [-0.2, -0.15) is 0 Å². The number of nitrogens with zero attached hydrogens (tertiary/aromatic N) is 2. The van der Waals surface area contributed by atoms with E-state index in [0.29, 0.717) is 30.0 Å². The molecule has 2 aliphatic heterocycles. The Hall–Kier alpha value is -4.48. The van der Waals surface area contributed by atoms with Crippen molar-refractivity contribution < 1.29 is 33.7 Å². The van der Waals surface area contributed by atoms with E-state index < -0.39 is 24.7 Å².